The fraction of sp³-hybridized carbons (Fsp3) is 0.500. The number of benzene rings is 1. The fourth-order valence-electron chi connectivity index (χ4n) is 3.37. The summed E-state index contributed by atoms with van der Waals surface area (Å²) in [6.45, 7) is 2.51. The van der Waals surface area contributed by atoms with Crippen LogP contribution in [0, 0.1) is 0 Å². The summed E-state index contributed by atoms with van der Waals surface area (Å²) in [4.78, 5) is 7.27. The predicted octanol–water partition coefficient (Wildman–Crippen LogP) is 3.60. The molecule has 1 aromatic heterocycles. The van der Waals surface area contributed by atoms with Crippen molar-refractivity contribution in [3.8, 4) is 0 Å². The number of nitrogens with zero attached hydrogens (tertiary/aromatic N) is 2. The molecule has 0 aliphatic carbocycles. The van der Waals surface area contributed by atoms with Gasteiger partial charge in [0.1, 0.15) is 0 Å². The number of hydrogen-bond acceptors (Lipinski definition) is 4. The van der Waals surface area contributed by atoms with Crippen LogP contribution >= 0.6 is 22.9 Å². The van der Waals surface area contributed by atoms with Crippen LogP contribution in [0.25, 0.3) is 10.2 Å². The van der Waals surface area contributed by atoms with Gasteiger partial charge < -0.3 is 5.32 Å². The molecule has 2 aliphatic heterocycles. The van der Waals surface area contributed by atoms with Gasteiger partial charge in [-0.25, -0.2) is 4.98 Å². The maximum absolute atomic E-state index is 6.02. The molecule has 3 heterocycles. The molecule has 2 saturated heterocycles. The van der Waals surface area contributed by atoms with E-state index in [1.165, 1.54) is 32.4 Å². The summed E-state index contributed by atoms with van der Waals surface area (Å²) in [5.74, 6) is 0. The first-order valence-electron chi connectivity index (χ1n) is 6.86. The minimum Gasteiger partial charge on any atom is -0.357 e. The molecule has 100 valence electrons. The van der Waals surface area contributed by atoms with Gasteiger partial charge >= 0.3 is 0 Å². The van der Waals surface area contributed by atoms with Crippen LogP contribution in [0.4, 0.5) is 5.13 Å². The lowest BCUT2D eigenvalue weighted by Gasteiger charge is -2.20. The van der Waals surface area contributed by atoms with E-state index < -0.39 is 0 Å². The van der Waals surface area contributed by atoms with Crippen molar-refractivity contribution in [1.82, 2.24) is 9.88 Å². The van der Waals surface area contributed by atoms with Gasteiger partial charge in [0.05, 0.1) is 10.2 Å². The van der Waals surface area contributed by atoms with Crippen LogP contribution < -0.4 is 5.32 Å². The third-order valence-corrected chi connectivity index (χ3v) is 5.45. The fourth-order valence-corrected chi connectivity index (χ4v) is 4.57. The van der Waals surface area contributed by atoms with Crippen molar-refractivity contribution < 1.29 is 0 Å². The van der Waals surface area contributed by atoms with Crippen LogP contribution in [0.2, 0.25) is 5.02 Å². The van der Waals surface area contributed by atoms with Gasteiger partial charge in [-0.05, 0) is 44.0 Å². The Balaban J connectivity index is 1.58. The molecule has 2 aromatic rings. The quantitative estimate of drug-likeness (QED) is 0.917. The summed E-state index contributed by atoms with van der Waals surface area (Å²) in [5.41, 5.74) is 1.04. The highest BCUT2D eigenvalue weighted by Gasteiger charge is 2.37. The molecule has 2 fully saturated rings. The van der Waals surface area contributed by atoms with Crippen LogP contribution in [0.15, 0.2) is 18.2 Å². The number of fused-ring (bicyclic) bond motifs is 2. The molecule has 1 aromatic carbocycles. The number of nitrogens with one attached hydrogen (secondary N) is 1. The Bertz CT molecular complexity index is 612. The molecule has 2 unspecified atom stereocenters. The number of rotatable bonds is 2. The first-order valence-corrected chi connectivity index (χ1v) is 8.06. The molecule has 4 rings (SSSR count). The molecule has 0 radical (unpaired) electrons. The molecule has 0 bridgehead atoms. The van der Waals surface area contributed by atoms with E-state index in [1.54, 1.807) is 11.3 Å². The number of hydrogen-bond donors (Lipinski definition) is 1. The summed E-state index contributed by atoms with van der Waals surface area (Å²) >= 11 is 7.73. The lowest BCUT2D eigenvalue weighted by Crippen LogP contribution is -2.33. The van der Waals surface area contributed by atoms with Crippen molar-refractivity contribution in [2.75, 3.05) is 18.4 Å². The number of anilines is 1. The molecule has 0 saturated carbocycles. The molecule has 2 aliphatic rings. The van der Waals surface area contributed by atoms with Crippen molar-refractivity contribution in [2.45, 2.75) is 31.3 Å². The standard InChI is InChI=1S/C14H16ClN3S/c15-9-3-4-11-13(8-9)19-14(17-11)16-10-5-7-18-6-1-2-12(10)18/h3-4,8,10,12H,1-2,5-7H2,(H,16,17). The molecule has 0 spiro atoms. The second-order valence-corrected chi connectivity index (χ2v) is 6.88. The van der Waals surface area contributed by atoms with Crippen molar-refractivity contribution in [3.63, 3.8) is 0 Å². The Morgan fingerprint density at radius 2 is 2.26 bits per heavy atom. The Morgan fingerprint density at radius 1 is 1.32 bits per heavy atom. The van der Waals surface area contributed by atoms with Crippen LogP contribution in [0.5, 0.6) is 0 Å². The summed E-state index contributed by atoms with van der Waals surface area (Å²) < 4.78 is 1.16. The first kappa shape index (κ1) is 11.9. The highest BCUT2D eigenvalue weighted by atomic mass is 35.5. The molecule has 3 nitrogen and oxygen atoms in total. The zero-order valence-electron chi connectivity index (χ0n) is 10.6. The van der Waals surface area contributed by atoms with Gasteiger partial charge in [-0.15, -0.1) is 0 Å². The maximum atomic E-state index is 6.02. The lowest BCUT2D eigenvalue weighted by atomic mass is 10.1. The predicted molar refractivity (Wildman–Crippen MR) is 81.3 cm³/mol. The van der Waals surface area contributed by atoms with Crippen molar-refractivity contribution in [2.24, 2.45) is 0 Å². The Hall–Kier alpha value is -0.840. The van der Waals surface area contributed by atoms with E-state index in [4.69, 9.17) is 11.6 Å². The smallest absolute Gasteiger partial charge is 0.184 e. The monoisotopic (exact) mass is 293 g/mol. The van der Waals surface area contributed by atoms with E-state index in [9.17, 15) is 0 Å². The van der Waals surface area contributed by atoms with E-state index in [-0.39, 0.29) is 0 Å². The molecule has 1 N–H and O–H groups in total. The van der Waals surface area contributed by atoms with Crippen LogP contribution in [0.3, 0.4) is 0 Å². The topological polar surface area (TPSA) is 28.2 Å². The van der Waals surface area contributed by atoms with Gasteiger partial charge in [-0.3, -0.25) is 4.90 Å². The Labute approximate surface area is 121 Å². The van der Waals surface area contributed by atoms with Crippen molar-refractivity contribution in [1.29, 1.82) is 0 Å². The lowest BCUT2D eigenvalue weighted by molar-refractivity contribution is 0.318. The van der Waals surface area contributed by atoms with E-state index in [0.717, 1.165) is 26.4 Å². The summed E-state index contributed by atoms with van der Waals surface area (Å²) in [7, 11) is 0. The molecule has 2 atom stereocenters. The third-order valence-electron chi connectivity index (χ3n) is 4.27. The summed E-state index contributed by atoms with van der Waals surface area (Å²) in [5, 5.41) is 5.46. The highest BCUT2D eigenvalue weighted by Crippen LogP contribution is 2.33. The molecule has 5 heteroatoms. The largest absolute Gasteiger partial charge is 0.357 e. The van der Waals surface area contributed by atoms with E-state index in [0.29, 0.717) is 6.04 Å². The molecular formula is C14H16ClN3S. The van der Waals surface area contributed by atoms with Crippen LogP contribution in [-0.4, -0.2) is 35.1 Å². The molecule has 0 amide bonds. The highest BCUT2D eigenvalue weighted by molar-refractivity contribution is 7.22. The third kappa shape index (κ3) is 2.12. The van der Waals surface area contributed by atoms with Crippen LogP contribution in [-0.2, 0) is 0 Å². The first-order chi connectivity index (χ1) is 9.29. The van der Waals surface area contributed by atoms with E-state index >= 15 is 0 Å². The average molecular weight is 294 g/mol. The minimum absolute atomic E-state index is 0.568. The summed E-state index contributed by atoms with van der Waals surface area (Å²) in [6, 6.07) is 7.18. The second-order valence-electron chi connectivity index (χ2n) is 5.42. The SMILES string of the molecule is Clc1ccc2nc(NC3CCN4CCCC34)sc2c1. The van der Waals surface area contributed by atoms with Gasteiger partial charge in [0, 0.05) is 23.7 Å². The van der Waals surface area contributed by atoms with Gasteiger partial charge in [0.15, 0.2) is 5.13 Å². The Kier molecular flexibility index (Phi) is 2.90. The Morgan fingerprint density at radius 3 is 3.21 bits per heavy atom. The maximum Gasteiger partial charge on any atom is 0.184 e. The van der Waals surface area contributed by atoms with Gasteiger partial charge in [0.25, 0.3) is 0 Å². The van der Waals surface area contributed by atoms with Crippen molar-refractivity contribution in [3.05, 3.63) is 23.2 Å². The zero-order chi connectivity index (χ0) is 12.8. The summed E-state index contributed by atoms with van der Waals surface area (Å²) in [6.07, 6.45) is 3.91. The van der Waals surface area contributed by atoms with Gasteiger partial charge in [-0.2, -0.15) is 0 Å². The number of aromatic nitrogens is 1. The van der Waals surface area contributed by atoms with Gasteiger partial charge in [0.2, 0.25) is 0 Å². The number of halogens is 1. The van der Waals surface area contributed by atoms with Crippen molar-refractivity contribution >= 4 is 38.3 Å². The van der Waals surface area contributed by atoms with Gasteiger partial charge in [-0.1, -0.05) is 22.9 Å². The molecule has 19 heavy (non-hydrogen) atoms. The van der Waals surface area contributed by atoms with E-state index in [2.05, 4.69) is 15.2 Å². The molecular weight excluding hydrogens is 278 g/mol. The van der Waals surface area contributed by atoms with Crippen LogP contribution in [0.1, 0.15) is 19.3 Å². The minimum atomic E-state index is 0.568. The number of thiazole rings is 1. The van der Waals surface area contributed by atoms with E-state index in [1.807, 2.05) is 18.2 Å². The second kappa shape index (κ2) is 4.62. The average Bonchev–Trinajstić information content (AvgIpc) is 3.05. The zero-order valence-corrected chi connectivity index (χ0v) is 12.2. The normalized spacial score (nSPS) is 27.0.